The summed E-state index contributed by atoms with van der Waals surface area (Å²) in [5.41, 5.74) is 7.05. The molecule has 0 aliphatic carbocycles. The molecule has 2 rings (SSSR count). The average molecular weight is 419 g/mol. The molecule has 0 radical (unpaired) electrons. The van der Waals surface area contributed by atoms with Gasteiger partial charge in [0, 0.05) is 5.39 Å². The second-order valence-corrected chi connectivity index (χ2v) is 9.17. The second-order valence-electron chi connectivity index (χ2n) is 5.07. The normalized spacial score (nSPS) is 12.0. The van der Waals surface area contributed by atoms with Gasteiger partial charge in [-0.05, 0) is 37.0 Å². The van der Waals surface area contributed by atoms with E-state index in [0.717, 1.165) is 36.6 Å². The fraction of sp³-hybridized carbons (Fsp3) is 0.400. The molecule has 114 valence electrons. The number of unbranched alkanes of at least 4 members (excludes halogenated alkanes) is 1. The van der Waals surface area contributed by atoms with Crippen LogP contribution >= 0.6 is 31.9 Å². The van der Waals surface area contributed by atoms with E-state index in [1.165, 1.54) is 0 Å². The third kappa shape index (κ3) is 4.56. The number of fused-ring (bicyclic) bond motifs is 1. The molecule has 3 N–H and O–H groups in total. The molecule has 2 aromatic rings. The number of aliphatic hydroxyl groups is 1. The van der Waals surface area contributed by atoms with E-state index in [0.29, 0.717) is 5.58 Å². The number of rotatable bonds is 7. The molecule has 0 spiro atoms. The topological polar surface area (TPSA) is 76.5 Å². The highest BCUT2D eigenvalue weighted by atomic mass is 79.9. The minimum absolute atomic E-state index is 0.0568. The fourth-order valence-electron chi connectivity index (χ4n) is 2.14. The zero-order valence-corrected chi connectivity index (χ0v) is 14.6. The molecule has 1 heterocycles. The summed E-state index contributed by atoms with van der Waals surface area (Å²) >= 11 is 6.85. The molecule has 0 aliphatic heterocycles. The minimum atomic E-state index is -0.553. The Kier molecular flexibility index (Phi) is 5.46. The number of nitrogens with two attached hydrogens (primary N) is 1. The number of furan rings is 1. The Labute approximate surface area is 139 Å². The predicted molar refractivity (Wildman–Crippen MR) is 90.0 cm³/mol. The van der Waals surface area contributed by atoms with E-state index in [1.54, 1.807) is 6.07 Å². The zero-order chi connectivity index (χ0) is 15.5. The van der Waals surface area contributed by atoms with Crippen LogP contribution in [0, 0.1) is 0 Å². The van der Waals surface area contributed by atoms with Gasteiger partial charge >= 0.3 is 0 Å². The molecule has 0 bridgehead atoms. The number of hydrogen-bond acceptors (Lipinski definition) is 3. The van der Waals surface area contributed by atoms with Crippen LogP contribution in [0.4, 0.5) is 0 Å². The van der Waals surface area contributed by atoms with E-state index >= 15 is 0 Å². The number of benzene rings is 1. The SMILES string of the molecule is NC(=O)c1cc2ccc(CCCCC(Br)(Br)CO)cc2o1. The summed E-state index contributed by atoms with van der Waals surface area (Å²) in [6.45, 7) is 0.0568. The number of carbonyl (C=O) groups is 1. The number of halogens is 2. The van der Waals surface area contributed by atoms with Gasteiger partial charge in [0.1, 0.15) is 8.82 Å². The third-order valence-corrected chi connectivity index (χ3v) is 4.61. The Bertz CT molecular complexity index is 637. The first-order valence-corrected chi connectivity index (χ1v) is 8.31. The smallest absolute Gasteiger partial charge is 0.284 e. The highest BCUT2D eigenvalue weighted by Crippen LogP contribution is 2.31. The van der Waals surface area contributed by atoms with Gasteiger partial charge in [0.05, 0.1) is 6.61 Å². The summed E-state index contributed by atoms with van der Waals surface area (Å²) < 4.78 is 5.05. The maximum atomic E-state index is 11.1. The first-order valence-electron chi connectivity index (χ1n) is 6.72. The highest BCUT2D eigenvalue weighted by Gasteiger charge is 2.20. The first-order chi connectivity index (χ1) is 9.91. The molecular weight excluding hydrogens is 402 g/mol. The maximum absolute atomic E-state index is 11.1. The van der Waals surface area contributed by atoms with Crippen molar-refractivity contribution >= 4 is 48.7 Å². The van der Waals surface area contributed by atoms with Crippen molar-refractivity contribution < 1.29 is 14.3 Å². The number of aliphatic hydroxyl groups excluding tert-OH is 1. The molecule has 1 aromatic heterocycles. The average Bonchev–Trinajstić information content (AvgIpc) is 2.87. The van der Waals surface area contributed by atoms with Gasteiger partial charge in [-0.1, -0.05) is 50.4 Å². The van der Waals surface area contributed by atoms with Crippen LogP contribution < -0.4 is 5.73 Å². The fourth-order valence-corrected chi connectivity index (χ4v) is 2.71. The van der Waals surface area contributed by atoms with Crippen LogP contribution in [0.5, 0.6) is 0 Å². The quantitative estimate of drug-likeness (QED) is 0.531. The Morgan fingerprint density at radius 2 is 2.05 bits per heavy atom. The summed E-state index contributed by atoms with van der Waals surface area (Å²) in [6, 6.07) is 7.58. The molecule has 0 atom stereocenters. The van der Waals surface area contributed by atoms with Gasteiger partial charge in [0.25, 0.3) is 5.91 Å². The number of alkyl halides is 2. The van der Waals surface area contributed by atoms with Gasteiger partial charge < -0.3 is 15.3 Å². The lowest BCUT2D eigenvalue weighted by Crippen LogP contribution is -2.16. The van der Waals surface area contributed by atoms with Gasteiger partial charge in [-0.2, -0.15) is 0 Å². The standard InChI is InChI=1S/C15H17Br2NO3/c16-15(17,9-19)6-2-1-3-10-4-5-11-8-13(14(18)20)21-12(11)7-10/h4-5,7-8,19H,1-3,6,9H2,(H2,18,20). The molecule has 0 saturated carbocycles. The number of aryl methyl sites for hydroxylation is 1. The zero-order valence-electron chi connectivity index (χ0n) is 11.4. The van der Waals surface area contributed by atoms with Crippen molar-refractivity contribution in [2.24, 2.45) is 5.73 Å². The van der Waals surface area contributed by atoms with Crippen LogP contribution in [0.3, 0.4) is 0 Å². The molecule has 0 unspecified atom stereocenters. The third-order valence-electron chi connectivity index (χ3n) is 3.32. The van der Waals surface area contributed by atoms with Crippen LogP contribution in [0.2, 0.25) is 0 Å². The van der Waals surface area contributed by atoms with E-state index in [1.807, 2.05) is 18.2 Å². The van der Waals surface area contributed by atoms with Crippen molar-refractivity contribution in [3.05, 3.63) is 35.6 Å². The second kappa shape index (κ2) is 6.94. The minimum Gasteiger partial charge on any atom is -0.451 e. The Hall–Kier alpha value is -0.850. The Balaban J connectivity index is 1.95. The Morgan fingerprint density at radius 3 is 2.71 bits per heavy atom. The molecule has 1 aromatic carbocycles. The maximum Gasteiger partial charge on any atom is 0.284 e. The Morgan fingerprint density at radius 1 is 1.29 bits per heavy atom. The van der Waals surface area contributed by atoms with Crippen LogP contribution in [-0.4, -0.2) is 20.9 Å². The molecule has 4 nitrogen and oxygen atoms in total. The first kappa shape index (κ1) is 16.5. The number of hydrogen-bond donors (Lipinski definition) is 2. The van der Waals surface area contributed by atoms with E-state index < -0.39 is 5.91 Å². The molecule has 0 aliphatic rings. The van der Waals surface area contributed by atoms with Gasteiger partial charge in [0.2, 0.25) is 0 Å². The van der Waals surface area contributed by atoms with Gasteiger partial charge in [-0.3, -0.25) is 4.79 Å². The van der Waals surface area contributed by atoms with Crippen molar-refractivity contribution in [3.63, 3.8) is 0 Å². The summed E-state index contributed by atoms with van der Waals surface area (Å²) in [4.78, 5) is 11.1. The van der Waals surface area contributed by atoms with Crippen LogP contribution in [0.1, 0.15) is 35.4 Å². The summed E-state index contributed by atoms with van der Waals surface area (Å²) in [6.07, 6.45) is 3.76. The van der Waals surface area contributed by atoms with Crippen LogP contribution in [0.15, 0.2) is 28.7 Å². The van der Waals surface area contributed by atoms with Crippen molar-refractivity contribution in [2.75, 3.05) is 6.61 Å². The van der Waals surface area contributed by atoms with Crippen LogP contribution in [-0.2, 0) is 6.42 Å². The van der Waals surface area contributed by atoms with Crippen molar-refractivity contribution in [2.45, 2.75) is 28.9 Å². The summed E-state index contributed by atoms with van der Waals surface area (Å²) in [5, 5.41) is 10.0. The van der Waals surface area contributed by atoms with Gasteiger partial charge in [-0.15, -0.1) is 0 Å². The predicted octanol–water partition coefficient (Wildman–Crippen LogP) is 3.72. The molecule has 0 fully saturated rings. The number of carbonyl (C=O) groups excluding carboxylic acids is 1. The van der Waals surface area contributed by atoms with E-state index in [-0.39, 0.29) is 15.6 Å². The molecule has 6 heteroatoms. The van der Waals surface area contributed by atoms with Crippen molar-refractivity contribution in [1.29, 1.82) is 0 Å². The number of amides is 1. The van der Waals surface area contributed by atoms with E-state index in [9.17, 15) is 4.79 Å². The van der Waals surface area contributed by atoms with E-state index in [2.05, 4.69) is 31.9 Å². The lowest BCUT2D eigenvalue weighted by Gasteiger charge is -2.16. The lowest BCUT2D eigenvalue weighted by molar-refractivity contribution is 0.0976. The van der Waals surface area contributed by atoms with Crippen LogP contribution in [0.25, 0.3) is 11.0 Å². The molecule has 1 amide bonds. The van der Waals surface area contributed by atoms with Gasteiger partial charge in [0.15, 0.2) is 5.76 Å². The molecule has 21 heavy (non-hydrogen) atoms. The van der Waals surface area contributed by atoms with Crippen molar-refractivity contribution in [1.82, 2.24) is 0 Å². The largest absolute Gasteiger partial charge is 0.451 e. The lowest BCUT2D eigenvalue weighted by atomic mass is 10.1. The van der Waals surface area contributed by atoms with Gasteiger partial charge in [-0.25, -0.2) is 0 Å². The highest BCUT2D eigenvalue weighted by molar-refractivity contribution is 9.25. The van der Waals surface area contributed by atoms with E-state index in [4.69, 9.17) is 15.3 Å². The monoisotopic (exact) mass is 417 g/mol. The summed E-state index contributed by atoms with van der Waals surface area (Å²) in [5.74, 6) is -0.365. The molecular formula is C15H17Br2NO3. The van der Waals surface area contributed by atoms with Crippen molar-refractivity contribution in [3.8, 4) is 0 Å². The molecule has 0 saturated heterocycles. The number of primary amides is 1. The summed E-state index contributed by atoms with van der Waals surface area (Å²) in [7, 11) is 0.